The van der Waals surface area contributed by atoms with Crippen LogP contribution >= 0.6 is 0 Å². The SMILES string of the molecule is CCC(C)CCC(=O)c1c[nH]c(=O)[nH]1. The molecule has 0 aliphatic rings. The van der Waals surface area contributed by atoms with E-state index in [2.05, 4.69) is 23.8 Å². The summed E-state index contributed by atoms with van der Waals surface area (Å²) in [6, 6.07) is 0. The maximum absolute atomic E-state index is 11.5. The number of carbonyl (C=O) groups excluding carboxylic acids is 1. The highest BCUT2D eigenvalue weighted by Crippen LogP contribution is 2.11. The van der Waals surface area contributed by atoms with Crippen molar-refractivity contribution in [2.75, 3.05) is 0 Å². The van der Waals surface area contributed by atoms with Gasteiger partial charge in [-0.1, -0.05) is 20.3 Å². The Kier molecular flexibility index (Phi) is 3.68. The molecule has 1 unspecified atom stereocenters. The third-order valence-electron chi connectivity index (χ3n) is 2.46. The predicted octanol–water partition coefficient (Wildman–Crippen LogP) is 1.71. The van der Waals surface area contributed by atoms with Crippen LogP contribution in [0.25, 0.3) is 0 Å². The van der Waals surface area contributed by atoms with Gasteiger partial charge in [0.2, 0.25) is 0 Å². The summed E-state index contributed by atoms with van der Waals surface area (Å²) in [7, 11) is 0. The van der Waals surface area contributed by atoms with E-state index in [0.717, 1.165) is 12.8 Å². The van der Waals surface area contributed by atoms with Crippen LogP contribution < -0.4 is 5.69 Å². The van der Waals surface area contributed by atoms with Gasteiger partial charge in [0.05, 0.1) is 0 Å². The molecule has 1 atom stereocenters. The summed E-state index contributed by atoms with van der Waals surface area (Å²) in [6.45, 7) is 4.22. The summed E-state index contributed by atoms with van der Waals surface area (Å²) < 4.78 is 0. The van der Waals surface area contributed by atoms with E-state index in [-0.39, 0.29) is 11.5 Å². The average Bonchev–Trinajstić information content (AvgIpc) is 2.60. The minimum atomic E-state index is -0.322. The molecule has 1 rings (SSSR count). The van der Waals surface area contributed by atoms with Gasteiger partial charge in [-0.15, -0.1) is 0 Å². The summed E-state index contributed by atoms with van der Waals surface area (Å²) >= 11 is 0. The van der Waals surface area contributed by atoms with Gasteiger partial charge in [-0.05, 0) is 12.3 Å². The Balaban J connectivity index is 2.47. The van der Waals surface area contributed by atoms with Crippen molar-refractivity contribution in [3.63, 3.8) is 0 Å². The van der Waals surface area contributed by atoms with Crippen LogP contribution in [0.15, 0.2) is 11.0 Å². The standard InChI is InChI=1S/C10H16N2O2/c1-3-7(2)4-5-9(13)8-6-11-10(14)12-8/h6-7H,3-5H2,1-2H3,(H2,11,12,14). The lowest BCUT2D eigenvalue weighted by molar-refractivity contribution is 0.0970. The van der Waals surface area contributed by atoms with E-state index in [9.17, 15) is 9.59 Å². The first-order valence-electron chi connectivity index (χ1n) is 4.94. The molecule has 78 valence electrons. The second-order valence-electron chi connectivity index (χ2n) is 3.63. The second kappa shape index (κ2) is 4.79. The Morgan fingerprint density at radius 3 is 2.79 bits per heavy atom. The number of H-pyrrole nitrogens is 2. The van der Waals surface area contributed by atoms with Gasteiger partial charge in [-0.25, -0.2) is 4.79 Å². The molecule has 2 N–H and O–H groups in total. The summed E-state index contributed by atoms with van der Waals surface area (Å²) in [4.78, 5) is 27.1. The maximum Gasteiger partial charge on any atom is 0.323 e. The number of hydrogen-bond acceptors (Lipinski definition) is 2. The Morgan fingerprint density at radius 1 is 1.57 bits per heavy atom. The first-order chi connectivity index (χ1) is 6.63. The molecule has 1 heterocycles. The van der Waals surface area contributed by atoms with Gasteiger partial charge in [-0.3, -0.25) is 4.79 Å². The maximum atomic E-state index is 11.5. The molecule has 1 aromatic heterocycles. The molecular formula is C10H16N2O2. The van der Waals surface area contributed by atoms with E-state index in [1.807, 2.05) is 0 Å². The predicted molar refractivity (Wildman–Crippen MR) is 54.4 cm³/mol. The summed E-state index contributed by atoms with van der Waals surface area (Å²) in [6.07, 6.45) is 3.89. The molecule has 0 bridgehead atoms. The van der Waals surface area contributed by atoms with E-state index in [0.29, 0.717) is 18.0 Å². The largest absolute Gasteiger partial charge is 0.323 e. The second-order valence-corrected chi connectivity index (χ2v) is 3.63. The van der Waals surface area contributed by atoms with Crippen molar-refractivity contribution in [3.05, 3.63) is 22.4 Å². The fourth-order valence-electron chi connectivity index (χ4n) is 1.20. The number of ketones is 1. The zero-order chi connectivity index (χ0) is 10.6. The number of Topliss-reactive ketones (excluding diaryl/α,β-unsaturated/α-hetero) is 1. The lowest BCUT2D eigenvalue weighted by atomic mass is 10.0. The molecule has 0 saturated heterocycles. The molecular weight excluding hydrogens is 180 g/mol. The third kappa shape index (κ3) is 2.87. The van der Waals surface area contributed by atoms with E-state index < -0.39 is 0 Å². The van der Waals surface area contributed by atoms with Crippen molar-refractivity contribution in [1.29, 1.82) is 0 Å². The zero-order valence-electron chi connectivity index (χ0n) is 8.59. The van der Waals surface area contributed by atoms with Crippen LogP contribution in [0.5, 0.6) is 0 Å². The lowest BCUT2D eigenvalue weighted by Crippen LogP contribution is -2.06. The number of imidazole rings is 1. The Morgan fingerprint density at radius 2 is 2.29 bits per heavy atom. The van der Waals surface area contributed by atoms with Gasteiger partial charge in [0.25, 0.3) is 0 Å². The quantitative estimate of drug-likeness (QED) is 0.704. The topological polar surface area (TPSA) is 65.7 Å². The van der Waals surface area contributed by atoms with Gasteiger partial charge in [0.1, 0.15) is 5.69 Å². The number of nitrogens with one attached hydrogen (secondary N) is 2. The fourth-order valence-corrected chi connectivity index (χ4v) is 1.20. The Bertz CT molecular complexity index is 351. The Hall–Kier alpha value is -1.32. The molecule has 0 aromatic carbocycles. The van der Waals surface area contributed by atoms with Crippen molar-refractivity contribution in [2.45, 2.75) is 33.1 Å². The van der Waals surface area contributed by atoms with E-state index in [1.54, 1.807) is 0 Å². The number of aromatic nitrogens is 2. The molecule has 0 saturated carbocycles. The van der Waals surface area contributed by atoms with Crippen LogP contribution in [-0.2, 0) is 0 Å². The highest BCUT2D eigenvalue weighted by atomic mass is 16.1. The summed E-state index contributed by atoms with van der Waals surface area (Å²) in [5.41, 5.74) is 0.0650. The normalized spacial score (nSPS) is 12.7. The third-order valence-corrected chi connectivity index (χ3v) is 2.46. The van der Waals surface area contributed by atoms with Crippen LogP contribution in [0.1, 0.15) is 43.6 Å². The number of aromatic amines is 2. The highest BCUT2D eigenvalue weighted by molar-refractivity contribution is 5.93. The molecule has 1 aromatic rings. The molecule has 14 heavy (non-hydrogen) atoms. The van der Waals surface area contributed by atoms with Crippen molar-refractivity contribution in [2.24, 2.45) is 5.92 Å². The van der Waals surface area contributed by atoms with Gasteiger partial charge < -0.3 is 9.97 Å². The first kappa shape index (κ1) is 10.8. The molecule has 0 aliphatic heterocycles. The average molecular weight is 196 g/mol. The van der Waals surface area contributed by atoms with E-state index >= 15 is 0 Å². The van der Waals surface area contributed by atoms with Crippen molar-refractivity contribution >= 4 is 5.78 Å². The van der Waals surface area contributed by atoms with Crippen molar-refractivity contribution < 1.29 is 4.79 Å². The molecule has 4 nitrogen and oxygen atoms in total. The van der Waals surface area contributed by atoms with E-state index in [1.165, 1.54) is 6.20 Å². The minimum absolute atomic E-state index is 0.00338. The Labute approximate surface area is 82.7 Å². The van der Waals surface area contributed by atoms with Gasteiger partial charge in [-0.2, -0.15) is 0 Å². The van der Waals surface area contributed by atoms with E-state index in [4.69, 9.17) is 0 Å². The van der Waals surface area contributed by atoms with Gasteiger partial charge in [0.15, 0.2) is 5.78 Å². The zero-order valence-corrected chi connectivity index (χ0v) is 8.59. The van der Waals surface area contributed by atoms with Crippen LogP contribution in [-0.4, -0.2) is 15.8 Å². The summed E-state index contributed by atoms with van der Waals surface area (Å²) in [5.74, 6) is 0.563. The van der Waals surface area contributed by atoms with Crippen LogP contribution in [0.2, 0.25) is 0 Å². The fraction of sp³-hybridized carbons (Fsp3) is 0.600. The van der Waals surface area contributed by atoms with Crippen molar-refractivity contribution in [3.8, 4) is 0 Å². The number of rotatable bonds is 5. The minimum Gasteiger partial charge on any atom is -0.312 e. The smallest absolute Gasteiger partial charge is 0.312 e. The lowest BCUT2D eigenvalue weighted by Gasteiger charge is -2.05. The van der Waals surface area contributed by atoms with Crippen LogP contribution in [0.4, 0.5) is 0 Å². The number of hydrogen-bond donors (Lipinski definition) is 2. The molecule has 4 heteroatoms. The van der Waals surface area contributed by atoms with Gasteiger partial charge in [0, 0.05) is 12.6 Å². The molecule has 0 fully saturated rings. The van der Waals surface area contributed by atoms with Crippen LogP contribution in [0.3, 0.4) is 0 Å². The van der Waals surface area contributed by atoms with Crippen LogP contribution in [0, 0.1) is 5.92 Å². The monoisotopic (exact) mass is 196 g/mol. The molecule has 0 spiro atoms. The summed E-state index contributed by atoms with van der Waals surface area (Å²) in [5, 5.41) is 0. The molecule has 0 radical (unpaired) electrons. The number of carbonyl (C=O) groups is 1. The van der Waals surface area contributed by atoms with Gasteiger partial charge >= 0.3 is 5.69 Å². The first-order valence-corrected chi connectivity index (χ1v) is 4.94. The molecule has 0 aliphatic carbocycles. The molecule has 0 amide bonds. The van der Waals surface area contributed by atoms with Crippen molar-refractivity contribution in [1.82, 2.24) is 9.97 Å². The highest BCUT2D eigenvalue weighted by Gasteiger charge is 2.09.